The van der Waals surface area contributed by atoms with Gasteiger partial charge in [0.1, 0.15) is 5.75 Å². The van der Waals surface area contributed by atoms with Crippen molar-refractivity contribution in [2.75, 3.05) is 11.9 Å². The van der Waals surface area contributed by atoms with E-state index >= 15 is 0 Å². The number of ether oxygens (including phenoxy) is 1. The van der Waals surface area contributed by atoms with Gasteiger partial charge in [-0.15, -0.1) is 12.4 Å². The molecule has 0 fully saturated rings. The maximum Gasteiger partial charge on any atom is 0.271 e. The molecule has 0 atom stereocenters. The number of benzene rings is 2. The van der Waals surface area contributed by atoms with Gasteiger partial charge < -0.3 is 10.1 Å². The molecule has 7 heteroatoms. The van der Waals surface area contributed by atoms with Crippen molar-refractivity contribution < 1.29 is 9.66 Å². The number of nitrogens with zero attached hydrogens (tertiary/aromatic N) is 2. The van der Waals surface area contributed by atoms with E-state index in [1.165, 1.54) is 12.1 Å². The molecule has 0 saturated heterocycles. The van der Waals surface area contributed by atoms with Crippen molar-refractivity contribution in [3.05, 3.63) is 64.3 Å². The number of fused-ring (bicyclic) bond motifs is 1. The third-order valence-electron chi connectivity index (χ3n) is 3.56. The van der Waals surface area contributed by atoms with E-state index in [0.29, 0.717) is 12.3 Å². The minimum Gasteiger partial charge on any atom is -0.494 e. The Balaban J connectivity index is 0.00000225. The van der Waals surface area contributed by atoms with Crippen LogP contribution in [-0.2, 0) is 0 Å². The van der Waals surface area contributed by atoms with Crippen LogP contribution < -0.4 is 10.1 Å². The Labute approximate surface area is 151 Å². The first-order valence-corrected chi connectivity index (χ1v) is 7.62. The van der Waals surface area contributed by atoms with Crippen molar-refractivity contribution in [2.24, 2.45) is 0 Å². The van der Waals surface area contributed by atoms with E-state index in [9.17, 15) is 10.1 Å². The number of non-ortho nitro benzene ring substituents is 1. The molecule has 0 spiro atoms. The van der Waals surface area contributed by atoms with E-state index in [2.05, 4.69) is 10.3 Å². The molecule has 130 valence electrons. The Bertz CT molecular complexity index is 915. The van der Waals surface area contributed by atoms with Crippen molar-refractivity contribution in [1.82, 2.24) is 4.98 Å². The van der Waals surface area contributed by atoms with E-state index in [-0.39, 0.29) is 18.1 Å². The van der Waals surface area contributed by atoms with Crippen LogP contribution in [0.1, 0.15) is 12.6 Å². The monoisotopic (exact) mass is 359 g/mol. The third-order valence-corrected chi connectivity index (χ3v) is 3.56. The lowest BCUT2D eigenvalue weighted by Crippen LogP contribution is -1.97. The summed E-state index contributed by atoms with van der Waals surface area (Å²) in [5.41, 5.74) is 3.23. The summed E-state index contributed by atoms with van der Waals surface area (Å²) < 4.78 is 5.56. The average Bonchev–Trinajstić information content (AvgIpc) is 2.56. The van der Waals surface area contributed by atoms with E-state index in [4.69, 9.17) is 4.74 Å². The zero-order chi connectivity index (χ0) is 17.1. The molecule has 6 nitrogen and oxygen atoms in total. The molecule has 2 aromatic carbocycles. The number of rotatable bonds is 5. The van der Waals surface area contributed by atoms with Gasteiger partial charge >= 0.3 is 0 Å². The number of aryl methyl sites for hydroxylation is 1. The van der Waals surface area contributed by atoms with Crippen LogP contribution in [0.2, 0.25) is 0 Å². The molecule has 0 saturated carbocycles. The van der Waals surface area contributed by atoms with Gasteiger partial charge in [0, 0.05) is 34.6 Å². The van der Waals surface area contributed by atoms with Crippen molar-refractivity contribution >= 4 is 40.4 Å². The summed E-state index contributed by atoms with van der Waals surface area (Å²) in [6.45, 7) is 4.42. The second-order valence-electron chi connectivity index (χ2n) is 5.36. The van der Waals surface area contributed by atoms with Gasteiger partial charge in [0.15, 0.2) is 0 Å². The normalized spacial score (nSPS) is 10.2. The molecule has 0 aliphatic rings. The predicted molar refractivity (Wildman–Crippen MR) is 101 cm³/mol. The van der Waals surface area contributed by atoms with Gasteiger partial charge in [0.25, 0.3) is 5.69 Å². The van der Waals surface area contributed by atoms with Crippen molar-refractivity contribution in [3.8, 4) is 5.75 Å². The number of aromatic nitrogens is 1. The Morgan fingerprint density at radius 2 is 2.00 bits per heavy atom. The summed E-state index contributed by atoms with van der Waals surface area (Å²) in [7, 11) is 0. The number of nitro benzene ring substituents is 1. The lowest BCUT2D eigenvalue weighted by atomic mass is 10.1. The summed E-state index contributed by atoms with van der Waals surface area (Å²) in [6.07, 6.45) is 0. The van der Waals surface area contributed by atoms with E-state index in [1.807, 2.05) is 38.1 Å². The fourth-order valence-electron chi connectivity index (χ4n) is 2.55. The second kappa shape index (κ2) is 7.81. The van der Waals surface area contributed by atoms with E-state index in [0.717, 1.165) is 28.0 Å². The molecule has 1 N–H and O–H groups in total. The topological polar surface area (TPSA) is 77.3 Å². The lowest BCUT2D eigenvalue weighted by molar-refractivity contribution is -0.384. The molecule has 3 aromatic rings. The van der Waals surface area contributed by atoms with Crippen LogP contribution in [0, 0.1) is 17.0 Å². The SMILES string of the molecule is CCOc1ccc2nc(C)cc(Nc3cccc([N+](=O)[O-])c3)c2c1.Cl. The van der Waals surface area contributed by atoms with Crippen molar-refractivity contribution in [1.29, 1.82) is 0 Å². The van der Waals surface area contributed by atoms with Crippen LogP contribution in [0.25, 0.3) is 10.9 Å². The second-order valence-corrected chi connectivity index (χ2v) is 5.36. The van der Waals surface area contributed by atoms with Gasteiger partial charge in [0.2, 0.25) is 0 Å². The number of nitrogens with one attached hydrogen (secondary N) is 1. The first kappa shape index (κ1) is 18.5. The zero-order valence-corrected chi connectivity index (χ0v) is 14.7. The molecule has 0 amide bonds. The number of nitro groups is 1. The molecule has 0 radical (unpaired) electrons. The number of hydrogen-bond donors (Lipinski definition) is 1. The third kappa shape index (κ3) is 4.16. The number of anilines is 2. The lowest BCUT2D eigenvalue weighted by Gasteiger charge is -2.12. The Hall–Kier alpha value is -2.86. The van der Waals surface area contributed by atoms with Gasteiger partial charge in [-0.3, -0.25) is 15.1 Å². The Morgan fingerprint density at radius 3 is 2.72 bits per heavy atom. The van der Waals surface area contributed by atoms with Crippen LogP contribution in [0.4, 0.5) is 17.1 Å². The first-order chi connectivity index (χ1) is 11.6. The molecule has 0 aliphatic heterocycles. The van der Waals surface area contributed by atoms with Gasteiger partial charge in [-0.25, -0.2) is 0 Å². The van der Waals surface area contributed by atoms with Crippen LogP contribution in [0.15, 0.2) is 48.5 Å². The number of pyridine rings is 1. The van der Waals surface area contributed by atoms with Crippen molar-refractivity contribution in [3.63, 3.8) is 0 Å². The smallest absolute Gasteiger partial charge is 0.271 e. The highest BCUT2D eigenvalue weighted by molar-refractivity contribution is 5.94. The zero-order valence-electron chi connectivity index (χ0n) is 13.9. The molecule has 0 unspecified atom stereocenters. The van der Waals surface area contributed by atoms with E-state index < -0.39 is 4.92 Å². The highest BCUT2D eigenvalue weighted by Crippen LogP contribution is 2.30. The average molecular weight is 360 g/mol. The van der Waals surface area contributed by atoms with Crippen LogP contribution >= 0.6 is 12.4 Å². The van der Waals surface area contributed by atoms with Crippen LogP contribution in [0.5, 0.6) is 5.75 Å². The minimum atomic E-state index is -0.408. The highest BCUT2D eigenvalue weighted by atomic mass is 35.5. The fraction of sp³-hybridized carbons (Fsp3) is 0.167. The Kier molecular flexibility index (Phi) is 5.77. The molecular weight excluding hydrogens is 342 g/mol. The summed E-state index contributed by atoms with van der Waals surface area (Å²) in [5.74, 6) is 0.762. The fourth-order valence-corrected chi connectivity index (χ4v) is 2.55. The molecule has 1 heterocycles. The molecule has 1 aromatic heterocycles. The molecule has 25 heavy (non-hydrogen) atoms. The van der Waals surface area contributed by atoms with Crippen LogP contribution in [0.3, 0.4) is 0 Å². The number of halogens is 1. The largest absolute Gasteiger partial charge is 0.494 e. The van der Waals surface area contributed by atoms with Gasteiger partial charge in [0.05, 0.1) is 17.0 Å². The standard InChI is InChI=1S/C18H17N3O3.ClH/c1-3-24-15-7-8-17-16(11-15)18(9-12(2)19-17)20-13-5-4-6-14(10-13)21(22)23;/h4-11H,3H2,1-2H3,(H,19,20);1H. The quantitative estimate of drug-likeness (QED) is 0.511. The maximum atomic E-state index is 10.9. The maximum absolute atomic E-state index is 10.9. The van der Waals surface area contributed by atoms with Crippen molar-refractivity contribution in [2.45, 2.75) is 13.8 Å². The summed E-state index contributed by atoms with van der Waals surface area (Å²) in [6, 6.07) is 14.1. The highest BCUT2D eigenvalue weighted by Gasteiger charge is 2.09. The Morgan fingerprint density at radius 1 is 1.20 bits per heavy atom. The van der Waals surface area contributed by atoms with Gasteiger partial charge in [-0.05, 0) is 44.2 Å². The van der Waals surface area contributed by atoms with Crippen LogP contribution in [-0.4, -0.2) is 16.5 Å². The van der Waals surface area contributed by atoms with Gasteiger partial charge in [-0.2, -0.15) is 0 Å². The minimum absolute atomic E-state index is 0. The van der Waals surface area contributed by atoms with Gasteiger partial charge in [-0.1, -0.05) is 6.07 Å². The molecular formula is C18H18ClN3O3. The summed E-state index contributed by atoms with van der Waals surface area (Å²) in [5, 5.41) is 15.1. The molecule has 0 bridgehead atoms. The summed E-state index contributed by atoms with van der Waals surface area (Å²) >= 11 is 0. The summed E-state index contributed by atoms with van der Waals surface area (Å²) in [4.78, 5) is 15.1. The number of hydrogen-bond acceptors (Lipinski definition) is 5. The molecule has 0 aliphatic carbocycles. The molecule has 3 rings (SSSR count). The first-order valence-electron chi connectivity index (χ1n) is 7.62. The predicted octanol–water partition coefficient (Wildman–Crippen LogP) is 5.02. The van der Waals surface area contributed by atoms with E-state index in [1.54, 1.807) is 12.1 Å².